The molecule has 4 aromatic rings. The van der Waals surface area contributed by atoms with Gasteiger partial charge < -0.3 is 9.64 Å². The van der Waals surface area contributed by atoms with E-state index >= 15 is 0 Å². The summed E-state index contributed by atoms with van der Waals surface area (Å²) in [6.07, 6.45) is 1.38. The van der Waals surface area contributed by atoms with E-state index in [2.05, 4.69) is 4.98 Å². The monoisotopic (exact) mass is 471 g/mol. The van der Waals surface area contributed by atoms with E-state index in [1.807, 2.05) is 18.2 Å². The molecule has 0 unspecified atom stereocenters. The predicted octanol–water partition coefficient (Wildman–Crippen LogP) is 4.58. The van der Waals surface area contributed by atoms with Gasteiger partial charge in [-0.15, -0.1) is 11.3 Å². The number of likely N-dealkylation sites (N-methyl/N-ethyl adjacent to an activating group) is 1. The number of hydrogen-bond donors (Lipinski definition) is 0. The average Bonchev–Trinajstić information content (AvgIpc) is 3.21. The Morgan fingerprint density at radius 3 is 2.66 bits per heavy atom. The Balaban J connectivity index is 1.52. The zero-order valence-electron chi connectivity index (χ0n) is 17.3. The number of hydrogen-bond acceptors (Lipinski definition) is 5. The maximum atomic E-state index is 13.9. The highest BCUT2D eigenvalue weighted by molar-refractivity contribution is 7.22. The first kappa shape index (κ1) is 22.0. The number of rotatable bonds is 6. The lowest BCUT2D eigenvalue weighted by Crippen LogP contribution is -2.33. The molecular weight excluding hydrogens is 453 g/mol. The summed E-state index contributed by atoms with van der Waals surface area (Å²) in [5, 5.41) is 0.635. The molecule has 0 spiro atoms. The van der Waals surface area contributed by atoms with Crippen LogP contribution in [-0.4, -0.2) is 34.5 Å². The molecule has 0 bridgehead atoms. The highest BCUT2D eigenvalue weighted by Crippen LogP contribution is 2.31. The van der Waals surface area contributed by atoms with Crippen LogP contribution >= 0.6 is 22.9 Å². The van der Waals surface area contributed by atoms with Crippen molar-refractivity contribution in [2.75, 3.05) is 14.2 Å². The topological polar surface area (TPSA) is 64.4 Å². The number of ether oxygens (including phenoxy) is 1. The van der Waals surface area contributed by atoms with Crippen molar-refractivity contribution in [3.8, 4) is 16.2 Å². The fraction of sp³-hybridized carbons (Fsp3) is 0.174. The number of thiophene rings is 1. The summed E-state index contributed by atoms with van der Waals surface area (Å²) in [5.74, 6) is -0.646. The summed E-state index contributed by atoms with van der Waals surface area (Å²) in [6, 6.07) is 13.7. The fourth-order valence-electron chi connectivity index (χ4n) is 3.25. The number of benzene rings is 2. The van der Waals surface area contributed by atoms with E-state index in [1.165, 1.54) is 46.4 Å². The number of methoxy groups -OCH3 is 1. The van der Waals surface area contributed by atoms with Crippen molar-refractivity contribution in [1.82, 2.24) is 14.5 Å². The van der Waals surface area contributed by atoms with Crippen LogP contribution in [0.2, 0.25) is 5.02 Å². The van der Waals surface area contributed by atoms with Crippen LogP contribution in [-0.2, 0) is 17.9 Å². The first-order chi connectivity index (χ1) is 15.4. The highest BCUT2D eigenvalue weighted by atomic mass is 35.5. The van der Waals surface area contributed by atoms with E-state index in [1.54, 1.807) is 25.2 Å². The Morgan fingerprint density at radius 2 is 1.97 bits per heavy atom. The van der Waals surface area contributed by atoms with Gasteiger partial charge in [0.25, 0.3) is 5.56 Å². The average molecular weight is 472 g/mol. The molecule has 2 aromatic heterocycles. The standard InChI is InChI=1S/C23H19ClFN3O3S/c1-27(11-14-3-8-19(31-2)17(25)9-14)21(29)12-28-13-26-18-10-20(32-22(18)23(28)30)15-4-6-16(24)7-5-15/h3-10,13H,11-12H2,1-2H3. The molecule has 164 valence electrons. The summed E-state index contributed by atoms with van der Waals surface area (Å²) < 4.78 is 20.6. The predicted molar refractivity (Wildman–Crippen MR) is 124 cm³/mol. The van der Waals surface area contributed by atoms with Gasteiger partial charge in [0.2, 0.25) is 5.91 Å². The number of amides is 1. The van der Waals surface area contributed by atoms with Crippen LogP contribution in [0, 0.1) is 5.82 Å². The van der Waals surface area contributed by atoms with Crippen LogP contribution in [0.5, 0.6) is 5.75 Å². The second kappa shape index (κ2) is 9.10. The SMILES string of the molecule is COc1ccc(CN(C)C(=O)Cn2cnc3cc(-c4ccc(Cl)cc4)sc3c2=O)cc1F. The maximum absolute atomic E-state index is 13.9. The van der Waals surface area contributed by atoms with Gasteiger partial charge in [-0.2, -0.15) is 0 Å². The van der Waals surface area contributed by atoms with Crippen molar-refractivity contribution in [3.63, 3.8) is 0 Å². The summed E-state index contributed by atoms with van der Waals surface area (Å²) >= 11 is 7.27. The molecular formula is C23H19ClFN3O3S. The molecule has 0 radical (unpaired) electrons. The molecule has 2 heterocycles. The van der Waals surface area contributed by atoms with Crippen molar-refractivity contribution in [2.45, 2.75) is 13.1 Å². The zero-order valence-corrected chi connectivity index (χ0v) is 18.9. The van der Waals surface area contributed by atoms with Gasteiger partial charge in [0, 0.05) is 23.5 Å². The molecule has 6 nitrogen and oxygen atoms in total. The van der Waals surface area contributed by atoms with Crippen LogP contribution < -0.4 is 10.3 Å². The lowest BCUT2D eigenvalue weighted by molar-refractivity contribution is -0.131. The van der Waals surface area contributed by atoms with E-state index in [0.717, 1.165) is 10.4 Å². The summed E-state index contributed by atoms with van der Waals surface area (Å²) in [6.45, 7) is 0.0367. The molecule has 0 N–H and O–H groups in total. The van der Waals surface area contributed by atoms with E-state index in [0.29, 0.717) is 20.8 Å². The van der Waals surface area contributed by atoms with Gasteiger partial charge in [-0.25, -0.2) is 9.37 Å². The Kier molecular flexibility index (Phi) is 6.25. The summed E-state index contributed by atoms with van der Waals surface area (Å²) in [5.41, 5.74) is 1.85. The van der Waals surface area contributed by atoms with Crippen molar-refractivity contribution in [1.29, 1.82) is 0 Å². The molecule has 0 aliphatic carbocycles. The Hall–Kier alpha value is -3.23. The lowest BCUT2D eigenvalue weighted by Gasteiger charge is -2.18. The van der Waals surface area contributed by atoms with Crippen molar-refractivity contribution in [3.05, 3.63) is 81.6 Å². The minimum absolute atomic E-state index is 0.141. The Morgan fingerprint density at radius 1 is 1.22 bits per heavy atom. The lowest BCUT2D eigenvalue weighted by atomic mass is 10.2. The van der Waals surface area contributed by atoms with Gasteiger partial charge in [-0.05, 0) is 41.5 Å². The van der Waals surface area contributed by atoms with Crippen molar-refractivity contribution in [2.24, 2.45) is 0 Å². The molecule has 0 aliphatic rings. The first-order valence-corrected chi connectivity index (χ1v) is 10.9. The van der Waals surface area contributed by atoms with Gasteiger partial charge in [0.15, 0.2) is 11.6 Å². The molecule has 0 saturated heterocycles. The van der Waals surface area contributed by atoms with Gasteiger partial charge in [0.05, 0.1) is 19.0 Å². The van der Waals surface area contributed by atoms with Crippen molar-refractivity contribution < 1.29 is 13.9 Å². The second-order valence-electron chi connectivity index (χ2n) is 7.23. The van der Waals surface area contributed by atoms with Gasteiger partial charge in [0.1, 0.15) is 11.2 Å². The molecule has 0 fully saturated rings. The van der Waals surface area contributed by atoms with Crippen LogP contribution in [0.1, 0.15) is 5.56 Å². The van der Waals surface area contributed by atoms with Crippen molar-refractivity contribution >= 4 is 39.1 Å². The smallest absolute Gasteiger partial charge is 0.271 e. The van der Waals surface area contributed by atoms with Crippen LogP contribution in [0.25, 0.3) is 20.7 Å². The third kappa shape index (κ3) is 4.51. The minimum Gasteiger partial charge on any atom is -0.494 e. The number of carbonyl (C=O) groups excluding carboxylic acids is 1. The number of halogens is 2. The molecule has 0 saturated carbocycles. The maximum Gasteiger partial charge on any atom is 0.271 e. The molecule has 0 aliphatic heterocycles. The minimum atomic E-state index is -0.495. The van der Waals surface area contributed by atoms with Gasteiger partial charge in [-0.1, -0.05) is 29.8 Å². The Bertz CT molecular complexity index is 1350. The normalized spacial score (nSPS) is 11.0. The third-order valence-electron chi connectivity index (χ3n) is 5.00. The first-order valence-electron chi connectivity index (χ1n) is 9.67. The Labute approximate surface area is 192 Å². The highest BCUT2D eigenvalue weighted by Gasteiger charge is 2.15. The van der Waals surface area contributed by atoms with E-state index < -0.39 is 5.82 Å². The van der Waals surface area contributed by atoms with Crippen LogP contribution in [0.15, 0.2) is 59.7 Å². The van der Waals surface area contributed by atoms with Crippen LogP contribution in [0.4, 0.5) is 4.39 Å². The molecule has 2 aromatic carbocycles. The number of fused-ring (bicyclic) bond motifs is 1. The van der Waals surface area contributed by atoms with Crippen LogP contribution in [0.3, 0.4) is 0 Å². The molecule has 32 heavy (non-hydrogen) atoms. The van der Waals surface area contributed by atoms with E-state index in [4.69, 9.17) is 16.3 Å². The van der Waals surface area contributed by atoms with Gasteiger partial charge >= 0.3 is 0 Å². The third-order valence-corrected chi connectivity index (χ3v) is 6.41. The molecule has 0 atom stereocenters. The van der Waals surface area contributed by atoms with Gasteiger partial charge in [-0.3, -0.25) is 14.2 Å². The number of aromatic nitrogens is 2. The van der Waals surface area contributed by atoms with E-state index in [-0.39, 0.29) is 30.3 Å². The number of nitrogens with zero attached hydrogens (tertiary/aromatic N) is 3. The largest absolute Gasteiger partial charge is 0.494 e. The van der Waals surface area contributed by atoms with E-state index in [9.17, 15) is 14.0 Å². The molecule has 9 heteroatoms. The summed E-state index contributed by atoms with van der Waals surface area (Å²) in [7, 11) is 2.99. The summed E-state index contributed by atoms with van der Waals surface area (Å²) in [4.78, 5) is 32.3. The zero-order chi connectivity index (χ0) is 22.8. The second-order valence-corrected chi connectivity index (χ2v) is 8.72. The fourth-order valence-corrected chi connectivity index (χ4v) is 4.44. The quantitative estimate of drug-likeness (QED) is 0.413. The number of carbonyl (C=O) groups is 1. The molecule has 1 amide bonds. The molecule has 4 rings (SSSR count).